The van der Waals surface area contributed by atoms with Gasteiger partial charge < -0.3 is 9.64 Å². The minimum atomic E-state index is -3.67. The molecule has 3 aromatic rings. The van der Waals surface area contributed by atoms with Crippen LogP contribution in [0.5, 0.6) is 11.5 Å². The normalized spacial score (nSPS) is 13.1. The van der Waals surface area contributed by atoms with Crippen LogP contribution in [0.2, 0.25) is 0 Å². The summed E-state index contributed by atoms with van der Waals surface area (Å²) in [5.41, 5.74) is 3.98. The minimum Gasteiger partial charge on any atom is -0.454 e. The van der Waals surface area contributed by atoms with E-state index in [0.717, 1.165) is 16.7 Å². The van der Waals surface area contributed by atoms with Crippen molar-refractivity contribution in [2.75, 3.05) is 16.2 Å². The van der Waals surface area contributed by atoms with Crippen molar-refractivity contribution in [2.45, 2.75) is 26.5 Å². The number of hydrogen-bond acceptors (Lipinski definition) is 4. The van der Waals surface area contributed by atoms with Crippen LogP contribution in [0.1, 0.15) is 34.0 Å². The van der Waals surface area contributed by atoms with Crippen LogP contribution in [0.3, 0.4) is 0 Å². The predicted molar refractivity (Wildman–Crippen MR) is 122 cm³/mol. The molecule has 1 heterocycles. The third-order valence-electron chi connectivity index (χ3n) is 5.27. The van der Waals surface area contributed by atoms with Gasteiger partial charge in [0.15, 0.2) is 5.75 Å². The number of sulfonamides is 1. The maximum Gasteiger partial charge on any atom is 0.262 e. The van der Waals surface area contributed by atoms with Gasteiger partial charge in [0.1, 0.15) is 5.75 Å². The molecular weight excluding hydrogens is 412 g/mol. The van der Waals surface area contributed by atoms with Gasteiger partial charge in [0.2, 0.25) is 10.0 Å². The van der Waals surface area contributed by atoms with E-state index in [2.05, 4.69) is 4.72 Å². The number of carbonyl (C=O) groups excluding carboxylic acids is 1. The molecule has 0 unspecified atom stereocenters. The molecule has 0 bridgehead atoms. The number of hydrogen-bond donors (Lipinski definition) is 1. The molecule has 31 heavy (non-hydrogen) atoms. The number of ether oxygens (including phenoxy) is 1. The fourth-order valence-electron chi connectivity index (χ4n) is 3.68. The van der Waals surface area contributed by atoms with Gasteiger partial charge in [0, 0.05) is 12.2 Å². The molecule has 4 rings (SSSR count). The van der Waals surface area contributed by atoms with E-state index in [9.17, 15) is 13.2 Å². The molecule has 0 fully saturated rings. The predicted octanol–water partition coefficient (Wildman–Crippen LogP) is 5.02. The summed E-state index contributed by atoms with van der Waals surface area (Å²) in [4.78, 5) is 14.8. The highest BCUT2D eigenvalue weighted by Gasteiger charge is 2.27. The van der Waals surface area contributed by atoms with Crippen molar-refractivity contribution in [2.24, 2.45) is 0 Å². The maximum absolute atomic E-state index is 13.2. The van der Waals surface area contributed by atoms with Gasteiger partial charge in [0.25, 0.3) is 5.91 Å². The number of anilines is 2. The van der Waals surface area contributed by atoms with Crippen molar-refractivity contribution in [1.82, 2.24) is 0 Å². The van der Waals surface area contributed by atoms with Crippen LogP contribution >= 0.6 is 0 Å². The first kappa shape index (κ1) is 20.9. The molecule has 1 N–H and O–H groups in total. The van der Waals surface area contributed by atoms with Crippen molar-refractivity contribution in [3.05, 3.63) is 82.9 Å². The molecule has 3 aromatic carbocycles. The Morgan fingerprint density at radius 3 is 2.52 bits per heavy atom. The number of para-hydroxylation sites is 2. The zero-order valence-electron chi connectivity index (χ0n) is 17.7. The van der Waals surface area contributed by atoms with Gasteiger partial charge >= 0.3 is 0 Å². The first-order valence-corrected chi connectivity index (χ1v) is 11.7. The Morgan fingerprint density at radius 1 is 0.968 bits per heavy atom. The summed E-state index contributed by atoms with van der Waals surface area (Å²) >= 11 is 0. The van der Waals surface area contributed by atoms with Crippen LogP contribution in [0.15, 0.2) is 60.7 Å². The molecule has 0 saturated carbocycles. The van der Waals surface area contributed by atoms with Gasteiger partial charge in [0.05, 0.1) is 17.0 Å². The van der Waals surface area contributed by atoms with Crippen molar-refractivity contribution in [3.63, 3.8) is 0 Å². The lowest BCUT2D eigenvalue weighted by Crippen LogP contribution is -2.29. The van der Waals surface area contributed by atoms with Crippen LogP contribution < -0.4 is 14.4 Å². The van der Waals surface area contributed by atoms with Crippen LogP contribution in [-0.4, -0.2) is 20.9 Å². The number of benzene rings is 3. The van der Waals surface area contributed by atoms with Crippen molar-refractivity contribution < 1.29 is 17.9 Å². The van der Waals surface area contributed by atoms with E-state index >= 15 is 0 Å². The van der Waals surface area contributed by atoms with Gasteiger partial charge in [-0.1, -0.05) is 35.9 Å². The highest BCUT2D eigenvalue weighted by molar-refractivity contribution is 7.91. The molecular formula is C24H24N2O4S. The van der Waals surface area contributed by atoms with Gasteiger partial charge in [-0.25, -0.2) is 8.42 Å². The molecule has 160 valence electrons. The fraction of sp³-hybridized carbons (Fsp3) is 0.208. The summed E-state index contributed by atoms with van der Waals surface area (Å²) in [6.45, 7) is 6.16. The average molecular weight is 437 g/mol. The first-order chi connectivity index (χ1) is 14.8. The zero-order valence-corrected chi connectivity index (χ0v) is 18.5. The number of nitrogens with zero attached hydrogens (tertiary/aromatic N) is 1. The van der Waals surface area contributed by atoms with Gasteiger partial charge in [-0.2, -0.15) is 0 Å². The Hall–Kier alpha value is -3.32. The Labute approximate surface area is 182 Å². The molecule has 0 radical (unpaired) electrons. The molecule has 1 amide bonds. The maximum atomic E-state index is 13.2. The molecule has 6 nitrogen and oxygen atoms in total. The number of rotatable bonds is 5. The van der Waals surface area contributed by atoms with Gasteiger partial charge in [-0.15, -0.1) is 0 Å². The quantitative estimate of drug-likeness (QED) is 0.609. The summed E-state index contributed by atoms with van der Waals surface area (Å²) in [7, 11) is -3.67. The number of nitrogens with one attached hydrogen (secondary N) is 1. The van der Waals surface area contributed by atoms with E-state index in [0.29, 0.717) is 35.0 Å². The zero-order chi connectivity index (χ0) is 22.2. The molecule has 1 aliphatic rings. The smallest absolute Gasteiger partial charge is 0.262 e. The summed E-state index contributed by atoms with van der Waals surface area (Å²) in [6, 6.07) is 17.8. The summed E-state index contributed by atoms with van der Waals surface area (Å²) in [5.74, 6) is 0.595. The monoisotopic (exact) mass is 436 g/mol. The SMILES string of the molecule is CCN1C(=O)c2cc(NS(=O)(=O)Cc3cc(C)ccc3C)ccc2Oc2ccccc21. The fourth-order valence-corrected chi connectivity index (χ4v) is 4.96. The van der Waals surface area contributed by atoms with Crippen LogP contribution in [0.4, 0.5) is 11.4 Å². The second-order valence-electron chi connectivity index (χ2n) is 7.62. The van der Waals surface area contributed by atoms with E-state index in [1.165, 1.54) is 6.07 Å². The molecule has 0 atom stereocenters. The lowest BCUT2D eigenvalue weighted by molar-refractivity contribution is 0.0988. The average Bonchev–Trinajstić information content (AvgIpc) is 2.84. The Morgan fingerprint density at radius 2 is 1.74 bits per heavy atom. The summed E-state index contributed by atoms with van der Waals surface area (Å²) in [5, 5.41) is 0. The second-order valence-corrected chi connectivity index (χ2v) is 9.34. The Balaban J connectivity index is 1.65. The van der Waals surface area contributed by atoms with Gasteiger partial charge in [-0.3, -0.25) is 9.52 Å². The molecule has 0 aliphatic carbocycles. The van der Waals surface area contributed by atoms with Crippen molar-refractivity contribution >= 4 is 27.3 Å². The number of fused-ring (bicyclic) bond motifs is 2. The van der Waals surface area contributed by atoms with E-state index < -0.39 is 10.0 Å². The highest BCUT2D eigenvalue weighted by atomic mass is 32.2. The number of aryl methyl sites for hydroxylation is 2. The topological polar surface area (TPSA) is 75.7 Å². The first-order valence-electron chi connectivity index (χ1n) is 10.1. The summed E-state index contributed by atoms with van der Waals surface area (Å²) in [6.07, 6.45) is 0. The molecule has 0 aromatic heterocycles. The highest BCUT2D eigenvalue weighted by Crippen LogP contribution is 2.39. The third kappa shape index (κ3) is 4.27. The third-order valence-corrected chi connectivity index (χ3v) is 6.51. The van der Waals surface area contributed by atoms with E-state index in [1.54, 1.807) is 23.1 Å². The molecule has 0 spiro atoms. The lowest BCUT2D eigenvalue weighted by Gasteiger charge is -2.20. The van der Waals surface area contributed by atoms with Gasteiger partial charge in [-0.05, 0) is 62.2 Å². The minimum absolute atomic E-state index is 0.144. The number of amides is 1. The van der Waals surface area contributed by atoms with E-state index in [-0.39, 0.29) is 11.7 Å². The largest absolute Gasteiger partial charge is 0.454 e. The molecule has 7 heteroatoms. The molecule has 1 aliphatic heterocycles. The van der Waals surface area contributed by atoms with Crippen LogP contribution in [0.25, 0.3) is 0 Å². The van der Waals surface area contributed by atoms with E-state index in [4.69, 9.17) is 4.74 Å². The Bertz CT molecular complexity index is 1270. The summed E-state index contributed by atoms with van der Waals surface area (Å²) < 4.78 is 34.2. The lowest BCUT2D eigenvalue weighted by atomic mass is 10.1. The molecule has 0 saturated heterocycles. The van der Waals surface area contributed by atoms with Crippen LogP contribution in [0, 0.1) is 13.8 Å². The second kappa shape index (κ2) is 8.07. The number of carbonyl (C=O) groups is 1. The van der Waals surface area contributed by atoms with Crippen molar-refractivity contribution in [1.29, 1.82) is 0 Å². The van der Waals surface area contributed by atoms with Crippen molar-refractivity contribution in [3.8, 4) is 11.5 Å². The standard InChI is InChI=1S/C24H24N2O4S/c1-4-26-21-7-5-6-8-23(21)30-22-12-11-19(14-20(22)24(26)27)25-31(28,29)15-18-13-16(2)9-10-17(18)3/h5-14,25H,4,15H2,1-3H3. The Kier molecular flexibility index (Phi) is 5.45. The van der Waals surface area contributed by atoms with E-state index in [1.807, 2.05) is 57.2 Å². The van der Waals surface area contributed by atoms with Crippen LogP contribution in [-0.2, 0) is 15.8 Å².